The summed E-state index contributed by atoms with van der Waals surface area (Å²) >= 11 is 0. The number of aryl methyl sites for hydroxylation is 2. The van der Waals surface area contributed by atoms with E-state index in [9.17, 15) is 0 Å². The summed E-state index contributed by atoms with van der Waals surface area (Å²) in [5.74, 6) is 1.96. The summed E-state index contributed by atoms with van der Waals surface area (Å²) < 4.78 is 18.1. The Morgan fingerprint density at radius 3 is 2.12 bits per heavy atom. The fourth-order valence-electron chi connectivity index (χ4n) is 2.86. The average Bonchev–Trinajstić information content (AvgIpc) is 2.83. The predicted molar refractivity (Wildman–Crippen MR) is 94.2 cm³/mol. The zero-order valence-corrected chi connectivity index (χ0v) is 15.4. The van der Waals surface area contributed by atoms with Gasteiger partial charge in [-0.3, -0.25) is 4.68 Å². The van der Waals surface area contributed by atoms with Gasteiger partial charge in [0.1, 0.15) is 0 Å². The molecule has 0 radical (unpaired) electrons. The number of ether oxygens (including phenoxy) is 3. The van der Waals surface area contributed by atoms with E-state index < -0.39 is 0 Å². The van der Waals surface area contributed by atoms with E-state index in [1.54, 1.807) is 21.3 Å². The highest BCUT2D eigenvalue weighted by Gasteiger charge is 2.13. The molecule has 24 heavy (non-hydrogen) atoms. The molecule has 6 nitrogen and oxygen atoms in total. The standard InChI is InChI=1S/C18H27N3O3/c1-12-15(13(2)21(3)20-12)7-8-19-11-14-9-16(22-4)18(24-6)17(10-14)23-5/h9-10,19H,7-8,11H2,1-6H3. The third kappa shape index (κ3) is 3.82. The first kappa shape index (κ1) is 18.1. The Hall–Kier alpha value is -2.21. The van der Waals surface area contributed by atoms with Gasteiger partial charge in [0.25, 0.3) is 0 Å². The SMILES string of the molecule is COc1cc(CNCCc2c(C)nn(C)c2C)cc(OC)c1OC. The normalized spacial score (nSPS) is 10.8. The molecule has 2 aromatic rings. The van der Waals surface area contributed by atoms with Crippen molar-refractivity contribution < 1.29 is 14.2 Å². The molecule has 0 unspecified atom stereocenters. The molecule has 0 aliphatic carbocycles. The van der Waals surface area contributed by atoms with Crippen molar-refractivity contribution in [3.63, 3.8) is 0 Å². The van der Waals surface area contributed by atoms with Crippen molar-refractivity contribution in [1.82, 2.24) is 15.1 Å². The molecule has 6 heteroatoms. The van der Waals surface area contributed by atoms with Crippen molar-refractivity contribution in [3.8, 4) is 17.2 Å². The lowest BCUT2D eigenvalue weighted by Gasteiger charge is -2.14. The Kier molecular flexibility index (Phi) is 6.09. The third-order valence-electron chi connectivity index (χ3n) is 4.26. The number of rotatable bonds is 8. The molecule has 0 saturated carbocycles. The highest BCUT2D eigenvalue weighted by atomic mass is 16.5. The second-order valence-electron chi connectivity index (χ2n) is 5.73. The van der Waals surface area contributed by atoms with Crippen molar-refractivity contribution >= 4 is 0 Å². The van der Waals surface area contributed by atoms with Gasteiger partial charge in [-0.15, -0.1) is 0 Å². The molecule has 0 aliphatic rings. The van der Waals surface area contributed by atoms with Crippen LogP contribution in [0.2, 0.25) is 0 Å². The molecule has 0 fully saturated rings. The first-order valence-corrected chi connectivity index (χ1v) is 8.00. The summed E-state index contributed by atoms with van der Waals surface area (Å²) in [5, 5.41) is 7.92. The molecule has 1 N–H and O–H groups in total. The molecule has 0 saturated heterocycles. The van der Waals surface area contributed by atoms with Crippen LogP contribution in [0.3, 0.4) is 0 Å². The van der Waals surface area contributed by atoms with Crippen LogP contribution in [0, 0.1) is 13.8 Å². The van der Waals surface area contributed by atoms with Crippen LogP contribution in [0.5, 0.6) is 17.2 Å². The largest absolute Gasteiger partial charge is 0.493 e. The maximum Gasteiger partial charge on any atom is 0.203 e. The topological polar surface area (TPSA) is 57.5 Å². The van der Waals surface area contributed by atoms with Gasteiger partial charge in [0, 0.05) is 19.3 Å². The first-order valence-electron chi connectivity index (χ1n) is 8.00. The number of aromatic nitrogens is 2. The highest BCUT2D eigenvalue weighted by Crippen LogP contribution is 2.38. The Bertz CT molecular complexity index is 670. The number of nitrogens with one attached hydrogen (secondary N) is 1. The second kappa shape index (κ2) is 8.06. The predicted octanol–water partition coefficient (Wildman–Crippen LogP) is 2.40. The molecule has 0 spiro atoms. The van der Waals surface area contributed by atoms with Gasteiger partial charge in [0.2, 0.25) is 5.75 Å². The first-order chi connectivity index (χ1) is 11.5. The zero-order chi connectivity index (χ0) is 17.7. The van der Waals surface area contributed by atoms with E-state index in [-0.39, 0.29) is 0 Å². The summed E-state index contributed by atoms with van der Waals surface area (Å²) in [7, 11) is 6.84. The lowest BCUT2D eigenvalue weighted by Crippen LogP contribution is -2.17. The molecule has 1 heterocycles. The van der Waals surface area contributed by atoms with Crippen LogP contribution >= 0.6 is 0 Å². The Labute approximate surface area is 143 Å². The van der Waals surface area contributed by atoms with E-state index in [0.29, 0.717) is 17.2 Å². The van der Waals surface area contributed by atoms with E-state index in [2.05, 4.69) is 24.3 Å². The van der Waals surface area contributed by atoms with Gasteiger partial charge in [-0.25, -0.2) is 0 Å². The maximum atomic E-state index is 5.39. The van der Waals surface area contributed by atoms with Crippen LogP contribution in [0.15, 0.2) is 12.1 Å². The maximum absolute atomic E-state index is 5.39. The van der Waals surface area contributed by atoms with Crippen LogP contribution in [0.25, 0.3) is 0 Å². The molecular weight excluding hydrogens is 306 g/mol. The number of hydrogen-bond donors (Lipinski definition) is 1. The van der Waals surface area contributed by atoms with E-state index in [0.717, 1.165) is 30.8 Å². The van der Waals surface area contributed by atoms with Crippen LogP contribution in [0.4, 0.5) is 0 Å². The number of nitrogens with zero attached hydrogens (tertiary/aromatic N) is 2. The monoisotopic (exact) mass is 333 g/mol. The van der Waals surface area contributed by atoms with E-state index in [4.69, 9.17) is 14.2 Å². The van der Waals surface area contributed by atoms with Gasteiger partial charge in [0.15, 0.2) is 11.5 Å². The fourth-order valence-corrected chi connectivity index (χ4v) is 2.86. The van der Waals surface area contributed by atoms with Gasteiger partial charge in [-0.05, 0) is 50.1 Å². The molecule has 1 aromatic heterocycles. The zero-order valence-electron chi connectivity index (χ0n) is 15.4. The minimum absolute atomic E-state index is 0.616. The van der Waals surface area contributed by atoms with E-state index in [1.807, 2.05) is 23.9 Å². The van der Waals surface area contributed by atoms with Gasteiger partial charge < -0.3 is 19.5 Å². The molecule has 132 valence electrons. The Balaban J connectivity index is 1.99. The van der Waals surface area contributed by atoms with Gasteiger partial charge in [-0.2, -0.15) is 5.10 Å². The quantitative estimate of drug-likeness (QED) is 0.752. The third-order valence-corrected chi connectivity index (χ3v) is 4.26. The summed E-state index contributed by atoms with van der Waals surface area (Å²) in [6.07, 6.45) is 0.954. The number of benzene rings is 1. The van der Waals surface area contributed by atoms with Crippen molar-refractivity contribution in [1.29, 1.82) is 0 Å². The summed E-state index contributed by atoms with van der Waals surface area (Å²) in [6.45, 7) is 5.77. The lowest BCUT2D eigenvalue weighted by molar-refractivity contribution is 0.323. The summed E-state index contributed by atoms with van der Waals surface area (Å²) in [5.41, 5.74) is 4.73. The average molecular weight is 333 g/mol. The number of methoxy groups -OCH3 is 3. The molecule has 2 rings (SSSR count). The van der Waals surface area contributed by atoms with Gasteiger partial charge in [-0.1, -0.05) is 0 Å². The van der Waals surface area contributed by atoms with Crippen molar-refractivity contribution in [3.05, 3.63) is 34.6 Å². The molecule has 0 atom stereocenters. The minimum atomic E-state index is 0.616. The number of hydrogen-bond acceptors (Lipinski definition) is 5. The summed E-state index contributed by atoms with van der Waals surface area (Å²) in [4.78, 5) is 0. The van der Waals surface area contributed by atoms with Crippen molar-refractivity contribution in [2.24, 2.45) is 7.05 Å². The lowest BCUT2D eigenvalue weighted by atomic mass is 10.1. The Morgan fingerprint density at radius 2 is 1.67 bits per heavy atom. The van der Waals surface area contributed by atoms with Crippen molar-refractivity contribution in [2.75, 3.05) is 27.9 Å². The molecule has 0 aliphatic heterocycles. The van der Waals surface area contributed by atoms with Crippen LogP contribution in [-0.2, 0) is 20.0 Å². The van der Waals surface area contributed by atoms with Crippen LogP contribution in [0.1, 0.15) is 22.5 Å². The van der Waals surface area contributed by atoms with E-state index in [1.165, 1.54) is 11.3 Å². The highest BCUT2D eigenvalue weighted by molar-refractivity contribution is 5.53. The van der Waals surface area contributed by atoms with Crippen LogP contribution < -0.4 is 19.5 Å². The fraction of sp³-hybridized carbons (Fsp3) is 0.500. The smallest absolute Gasteiger partial charge is 0.203 e. The van der Waals surface area contributed by atoms with Gasteiger partial charge >= 0.3 is 0 Å². The summed E-state index contributed by atoms with van der Waals surface area (Å²) in [6, 6.07) is 3.93. The molecule has 1 aromatic carbocycles. The second-order valence-corrected chi connectivity index (χ2v) is 5.73. The van der Waals surface area contributed by atoms with Crippen molar-refractivity contribution in [2.45, 2.75) is 26.8 Å². The van der Waals surface area contributed by atoms with Crippen LogP contribution in [-0.4, -0.2) is 37.7 Å². The molecule has 0 bridgehead atoms. The Morgan fingerprint density at radius 1 is 1.04 bits per heavy atom. The molecular formula is C18H27N3O3. The van der Waals surface area contributed by atoms with E-state index >= 15 is 0 Å². The molecule has 0 amide bonds. The van der Waals surface area contributed by atoms with Gasteiger partial charge in [0.05, 0.1) is 27.0 Å². The minimum Gasteiger partial charge on any atom is -0.493 e.